The van der Waals surface area contributed by atoms with Gasteiger partial charge >= 0.3 is 5.97 Å². The van der Waals surface area contributed by atoms with E-state index in [1.54, 1.807) is 0 Å². The molecule has 130 valence electrons. The molecule has 1 aliphatic carbocycles. The second-order valence-electron chi connectivity index (χ2n) is 5.37. The lowest BCUT2D eigenvalue weighted by atomic mass is 9.85. The lowest BCUT2D eigenvalue weighted by Crippen LogP contribution is -2.36. The predicted molar refractivity (Wildman–Crippen MR) is 87.6 cm³/mol. The summed E-state index contributed by atoms with van der Waals surface area (Å²) in [6.07, 6.45) is -1.40. The zero-order valence-corrected chi connectivity index (χ0v) is 14.3. The molecule has 0 radical (unpaired) electrons. The lowest BCUT2D eigenvalue weighted by molar-refractivity contribution is -0.154. The fourth-order valence-electron chi connectivity index (χ4n) is 2.19. The number of esters is 1. The Kier molecular flexibility index (Phi) is 9.35. The standard InChI is InChI=1S/C14H18O4.C2H5BrO2/c15-12-7-6-11(8-13(12)16)14(17)18-9-10-4-2-1-3-5-10;3-1-2(4)5/h1-5,11-13,15-16H,6-9H2;2,4-5H,1H2. The number of carbonyl (C=O) groups excluding carboxylic acids is 1. The van der Waals surface area contributed by atoms with E-state index in [-0.39, 0.29) is 30.2 Å². The Bertz CT molecular complexity index is 453. The average Bonchev–Trinajstić information content (AvgIpc) is 2.56. The molecule has 0 aliphatic heterocycles. The van der Waals surface area contributed by atoms with Gasteiger partial charge in [0.2, 0.25) is 0 Å². The summed E-state index contributed by atoms with van der Waals surface area (Å²) in [6.45, 7) is 0.259. The van der Waals surface area contributed by atoms with E-state index in [1.165, 1.54) is 0 Å². The van der Waals surface area contributed by atoms with Gasteiger partial charge in [-0.1, -0.05) is 46.3 Å². The minimum atomic E-state index is -1.20. The molecule has 2 rings (SSSR count). The van der Waals surface area contributed by atoms with E-state index in [4.69, 9.17) is 14.9 Å². The van der Waals surface area contributed by atoms with Crippen LogP contribution >= 0.6 is 15.9 Å². The number of ether oxygens (including phenoxy) is 1. The number of aliphatic hydroxyl groups is 4. The monoisotopic (exact) mass is 390 g/mol. The van der Waals surface area contributed by atoms with Crippen LogP contribution in [0.3, 0.4) is 0 Å². The molecule has 1 aliphatic rings. The summed E-state index contributed by atoms with van der Waals surface area (Å²) < 4.78 is 5.22. The second-order valence-corrected chi connectivity index (χ2v) is 6.02. The van der Waals surface area contributed by atoms with Crippen LogP contribution in [0.1, 0.15) is 24.8 Å². The smallest absolute Gasteiger partial charge is 0.309 e. The minimum Gasteiger partial charge on any atom is -0.461 e. The summed E-state index contributed by atoms with van der Waals surface area (Å²) in [6, 6.07) is 9.48. The van der Waals surface area contributed by atoms with Crippen LogP contribution in [0.15, 0.2) is 30.3 Å². The maximum atomic E-state index is 11.8. The zero-order valence-electron chi connectivity index (χ0n) is 12.7. The van der Waals surface area contributed by atoms with Gasteiger partial charge in [0.05, 0.1) is 23.5 Å². The van der Waals surface area contributed by atoms with Gasteiger partial charge in [-0.25, -0.2) is 0 Å². The number of halogens is 1. The largest absolute Gasteiger partial charge is 0.461 e. The molecule has 23 heavy (non-hydrogen) atoms. The summed E-state index contributed by atoms with van der Waals surface area (Å²) >= 11 is 2.81. The Balaban J connectivity index is 0.000000463. The second kappa shape index (κ2) is 10.7. The summed E-state index contributed by atoms with van der Waals surface area (Å²) in [5.74, 6) is -0.586. The first-order valence-electron chi connectivity index (χ1n) is 7.42. The van der Waals surface area contributed by atoms with E-state index >= 15 is 0 Å². The van der Waals surface area contributed by atoms with Crippen LogP contribution in [0.25, 0.3) is 0 Å². The molecule has 1 saturated carbocycles. The molecule has 1 aromatic carbocycles. The van der Waals surface area contributed by atoms with Crippen LogP contribution in [-0.4, -0.2) is 50.2 Å². The molecule has 0 saturated heterocycles. The van der Waals surface area contributed by atoms with Crippen molar-refractivity contribution in [3.63, 3.8) is 0 Å². The highest BCUT2D eigenvalue weighted by Crippen LogP contribution is 2.26. The third kappa shape index (κ3) is 7.90. The van der Waals surface area contributed by atoms with Crippen molar-refractivity contribution in [2.45, 2.75) is 44.4 Å². The number of carbonyl (C=O) groups is 1. The molecule has 0 amide bonds. The van der Waals surface area contributed by atoms with Crippen LogP contribution in [0.5, 0.6) is 0 Å². The van der Waals surface area contributed by atoms with Crippen LogP contribution in [-0.2, 0) is 16.1 Å². The van der Waals surface area contributed by atoms with E-state index in [0.29, 0.717) is 12.8 Å². The maximum absolute atomic E-state index is 11.8. The molecule has 4 N–H and O–H groups in total. The SMILES string of the molecule is O=C(OCc1ccccc1)C1CCC(O)C(O)C1.OC(O)CBr. The number of benzene rings is 1. The highest BCUT2D eigenvalue weighted by atomic mass is 79.9. The molecule has 3 atom stereocenters. The van der Waals surface area contributed by atoms with Crippen molar-refractivity contribution in [1.29, 1.82) is 0 Å². The molecule has 0 bridgehead atoms. The third-order valence-corrected chi connectivity index (χ3v) is 4.06. The molecule has 3 unspecified atom stereocenters. The molecule has 6 nitrogen and oxygen atoms in total. The Morgan fingerprint density at radius 2 is 1.78 bits per heavy atom. The highest BCUT2D eigenvalue weighted by Gasteiger charge is 2.32. The van der Waals surface area contributed by atoms with E-state index in [0.717, 1.165) is 5.56 Å². The molecular formula is C16H23BrO6. The normalized spacial score (nSPS) is 23.8. The molecular weight excluding hydrogens is 368 g/mol. The van der Waals surface area contributed by atoms with Gasteiger partial charge in [0.1, 0.15) is 6.61 Å². The fourth-order valence-corrected chi connectivity index (χ4v) is 2.19. The average molecular weight is 391 g/mol. The lowest BCUT2D eigenvalue weighted by Gasteiger charge is -2.28. The first-order chi connectivity index (χ1) is 10.9. The van der Waals surface area contributed by atoms with Crippen molar-refractivity contribution >= 4 is 21.9 Å². The maximum Gasteiger partial charge on any atom is 0.309 e. The van der Waals surface area contributed by atoms with Gasteiger partial charge in [-0.15, -0.1) is 0 Å². The topological polar surface area (TPSA) is 107 Å². The molecule has 1 aromatic rings. The van der Waals surface area contributed by atoms with Gasteiger partial charge in [0, 0.05) is 0 Å². The molecule has 0 spiro atoms. The minimum absolute atomic E-state index is 0.229. The van der Waals surface area contributed by atoms with Crippen LogP contribution in [0.2, 0.25) is 0 Å². The number of rotatable bonds is 4. The number of aliphatic hydroxyl groups excluding tert-OH is 3. The van der Waals surface area contributed by atoms with E-state index in [9.17, 15) is 15.0 Å². The van der Waals surface area contributed by atoms with Gasteiger partial charge < -0.3 is 25.2 Å². The van der Waals surface area contributed by atoms with Crippen molar-refractivity contribution in [1.82, 2.24) is 0 Å². The molecule has 1 fully saturated rings. The first kappa shape index (κ1) is 20.1. The Morgan fingerprint density at radius 1 is 1.17 bits per heavy atom. The van der Waals surface area contributed by atoms with E-state index < -0.39 is 18.5 Å². The van der Waals surface area contributed by atoms with Gasteiger partial charge in [0.15, 0.2) is 6.29 Å². The Morgan fingerprint density at radius 3 is 2.30 bits per heavy atom. The van der Waals surface area contributed by atoms with Crippen molar-refractivity contribution in [2.75, 3.05) is 5.33 Å². The van der Waals surface area contributed by atoms with E-state index in [1.807, 2.05) is 30.3 Å². The predicted octanol–water partition coefficient (Wildman–Crippen LogP) is 0.944. The van der Waals surface area contributed by atoms with Gasteiger partial charge in [-0.3, -0.25) is 4.79 Å². The summed E-state index contributed by atoms with van der Waals surface area (Å²) in [7, 11) is 0. The van der Waals surface area contributed by atoms with Crippen molar-refractivity contribution in [2.24, 2.45) is 5.92 Å². The van der Waals surface area contributed by atoms with Gasteiger partial charge in [0.25, 0.3) is 0 Å². The quantitative estimate of drug-likeness (QED) is 0.346. The van der Waals surface area contributed by atoms with Crippen molar-refractivity contribution in [3.8, 4) is 0 Å². The molecule has 0 heterocycles. The summed E-state index contributed by atoms with van der Waals surface area (Å²) in [5, 5.41) is 34.9. The first-order valence-corrected chi connectivity index (χ1v) is 8.55. The van der Waals surface area contributed by atoms with Crippen molar-refractivity contribution < 1.29 is 30.0 Å². The fraction of sp³-hybridized carbons (Fsp3) is 0.562. The van der Waals surface area contributed by atoms with Crippen LogP contribution < -0.4 is 0 Å². The van der Waals surface area contributed by atoms with Crippen molar-refractivity contribution in [3.05, 3.63) is 35.9 Å². The zero-order chi connectivity index (χ0) is 17.2. The third-order valence-electron chi connectivity index (χ3n) is 3.48. The summed E-state index contributed by atoms with van der Waals surface area (Å²) in [5.41, 5.74) is 0.947. The van der Waals surface area contributed by atoms with Crippen LogP contribution in [0.4, 0.5) is 0 Å². The van der Waals surface area contributed by atoms with Crippen LogP contribution in [0, 0.1) is 5.92 Å². The molecule has 7 heteroatoms. The Hall–Kier alpha value is -0.990. The number of hydrogen-bond acceptors (Lipinski definition) is 6. The molecule has 0 aromatic heterocycles. The van der Waals surface area contributed by atoms with Gasteiger partial charge in [-0.2, -0.15) is 0 Å². The number of alkyl halides is 1. The highest BCUT2D eigenvalue weighted by molar-refractivity contribution is 9.09. The van der Waals surface area contributed by atoms with Gasteiger partial charge in [-0.05, 0) is 24.8 Å². The van der Waals surface area contributed by atoms with E-state index in [2.05, 4.69) is 15.9 Å². The summed E-state index contributed by atoms with van der Waals surface area (Å²) in [4.78, 5) is 11.8. The number of hydrogen-bond donors (Lipinski definition) is 4. The Labute approximate surface area is 143 Å².